The number of nitrogens with zero attached hydrogens (tertiary/aromatic N) is 1. The molecule has 1 saturated heterocycles. The number of aromatic amines is 2. The van der Waals surface area contributed by atoms with Gasteiger partial charge >= 0.3 is 5.97 Å². The van der Waals surface area contributed by atoms with E-state index in [2.05, 4.69) is 15.2 Å². The van der Waals surface area contributed by atoms with Crippen LogP contribution in [0, 0.1) is 11.7 Å². The van der Waals surface area contributed by atoms with E-state index in [0.29, 0.717) is 18.6 Å². The van der Waals surface area contributed by atoms with Crippen molar-refractivity contribution in [3.63, 3.8) is 0 Å². The van der Waals surface area contributed by atoms with Gasteiger partial charge in [-0.15, -0.1) is 0 Å². The van der Waals surface area contributed by atoms with Crippen LogP contribution in [0.5, 0.6) is 5.75 Å². The first-order chi connectivity index (χ1) is 17.5. The van der Waals surface area contributed by atoms with Crippen LogP contribution < -0.4 is 10.3 Å². The van der Waals surface area contributed by atoms with Crippen molar-refractivity contribution in [3.05, 3.63) is 58.4 Å². The molecule has 2 aromatic carbocycles. The van der Waals surface area contributed by atoms with Crippen molar-refractivity contribution >= 4 is 27.6 Å². The lowest BCUT2D eigenvalue weighted by molar-refractivity contribution is -0.144. The SMILES string of the molecule is COc1cc(-c2c(C3CCOCC3)[nH]c(=O)c3cc4[nH]ncc4cc23)ccc1F.O=C(O)C1CCC1. The van der Waals surface area contributed by atoms with E-state index < -0.39 is 11.8 Å². The molecule has 2 aromatic heterocycles. The predicted octanol–water partition coefficient (Wildman–Crippen LogP) is 4.98. The largest absolute Gasteiger partial charge is 0.494 e. The summed E-state index contributed by atoms with van der Waals surface area (Å²) in [5.41, 5.74) is 3.21. The second-order valence-corrected chi connectivity index (χ2v) is 9.30. The zero-order valence-electron chi connectivity index (χ0n) is 20.0. The highest BCUT2D eigenvalue weighted by Crippen LogP contribution is 2.39. The summed E-state index contributed by atoms with van der Waals surface area (Å²) in [6.45, 7) is 1.30. The average molecular weight is 494 g/mol. The Morgan fingerprint density at radius 1 is 1.14 bits per heavy atom. The first-order valence-electron chi connectivity index (χ1n) is 12.1. The Morgan fingerprint density at radius 3 is 2.56 bits per heavy atom. The second-order valence-electron chi connectivity index (χ2n) is 9.30. The number of halogens is 1. The van der Waals surface area contributed by atoms with Crippen LogP contribution in [0.15, 0.2) is 41.3 Å². The van der Waals surface area contributed by atoms with Crippen LogP contribution in [0.2, 0.25) is 0 Å². The summed E-state index contributed by atoms with van der Waals surface area (Å²) >= 11 is 0. The molecule has 2 aliphatic rings. The summed E-state index contributed by atoms with van der Waals surface area (Å²) in [7, 11) is 1.45. The van der Waals surface area contributed by atoms with Crippen molar-refractivity contribution in [3.8, 4) is 16.9 Å². The molecule has 1 saturated carbocycles. The first kappa shape index (κ1) is 24.0. The minimum absolute atomic E-state index is 0.000000000000000444. The molecule has 3 N–H and O–H groups in total. The monoisotopic (exact) mass is 493 g/mol. The second kappa shape index (κ2) is 10.1. The lowest BCUT2D eigenvalue weighted by Crippen LogP contribution is -2.20. The van der Waals surface area contributed by atoms with Crippen LogP contribution in [-0.4, -0.2) is 46.6 Å². The van der Waals surface area contributed by atoms with E-state index in [1.165, 1.54) is 13.2 Å². The molecule has 8 nitrogen and oxygen atoms in total. The van der Waals surface area contributed by atoms with Gasteiger partial charge in [-0.1, -0.05) is 12.5 Å². The quantitative estimate of drug-likeness (QED) is 0.369. The van der Waals surface area contributed by atoms with E-state index in [0.717, 1.165) is 65.2 Å². The van der Waals surface area contributed by atoms with Crippen LogP contribution in [0.3, 0.4) is 0 Å². The highest BCUT2D eigenvalue weighted by Gasteiger charge is 2.25. The fourth-order valence-electron chi connectivity index (χ4n) is 4.86. The maximum atomic E-state index is 14.1. The summed E-state index contributed by atoms with van der Waals surface area (Å²) in [4.78, 5) is 26.1. The molecule has 0 atom stereocenters. The number of ether oxygens (including phenoxy) is 2. The molecule has 0 unspecified atom stereocenters. The molecule has 188 valence electrons. The Balaban J connectivity index is 0.000000330. The van der Waals surface area contributed by atoms with Crippen LogP contribution in [-0.2, 0) is 9.53 Å². The van der Waals surface area contributed by atoms with E-state index in [-0.39, 0.29) is 23.1 Å². The number of hydrogen-bond acceptors (Lipinski definition) is 5. The molecule has 0 spiro atoms. The number of benzene rings is 2. The van der Waals surface area contributed by atoms with Gasteiger partial charge in [0.15, 0.2) is 11.6 Å². The number of fused-ring (bicyclic) bond motifs is 2. The summed E-state index contributed by atoms with van der Waals surface area (Å²) in [6.07, 6.45) is 6.28. The summed E-state index contributed by atoms with van der Waals surface area (Å²) in [5.74, 6) is -0.711. The number of aromatic nitrogens is 3. The standard InChI is InChI=1S/C22H20FN3O3.C5H8O2/c1-28-19-9-13(2-3-17(19)23)20-15-8-14-11-24-26-18(14)10-16(15)22(27)25-21(20)12-4-6-29-7-5-12;6-5(7)4-2-1-3-4/h2-3,8-12H,4-7H2,1H3,(H,24,26)(H,25,27);4H,1-3H2,(H,6,7). The number of nitrogens with one attached hydrogen (secondary N) is 2. The molecule has 36 heavy (non-hydrogen) atoms. The Kier molecular flexibility index (Phi) is 6.73. The van der Waals surface area contributed by atoms with Crippen LogP contribution >= 0.6 is 0 Å². The Morgan fingerprint density at radius 2 is 1.92 bits per heavy atom. The van der Waals surface area contributed by atoms with Crippen molar-refractivity contribution in [1.82, 2.24) is 15.2 Å². The van der Waals surface area contributed by atoms with Gasteiger partial charge in [0.1, 0.15) is 0 Å². The Hall–Kier alpha value is -3.72. The minimum atomic E-state index is -0.619. The van der Waals surface area contributed by atoms with E-state index >= 15 is 0 Å². The molecular weight excluding hydrogens is 465 g/mol. The van der Waals surface area contributed by atoms with Crippen molar-refractivity contribution in [2.75, 3.05) is 20.3 Å². The van der Waals surface area contributed by atoms with Gasteiger partial charge in [-0.25, -0.2) is 4.39 Å². The summed E-state index contributed by atoms with van der Waals surface area (Å²) in [6, 6.07) is 8.60. The molecule has 3 heterocycles. The van der Waals surface area contributed by atoms with Crippen LogP contribution in [0.25, 0.3) is 32.8 Å². The molecule has 0 bridgehead atoms. The number of aliphatic carboxylic acids is 1. The molecule has 6 rings (SSSR count). The van der Waals surface area contributed by atoms with E-state index in [4.69, 9.17) is 14.6 Å². The number of carbonyl (C=O) groups is 1. The normalized spacial score (nSPS) is 16.4. The molecule has 0 amide bonds. The first-order valence-corrected chi connectivity index (χ1v) is 12.1. The Bertz CT molecular complexity index is 1470. The van der Waals surface area contributed by atoms with Crippen molar-refractivity contribution in [2.45, 2.75) is 38.0 Å². The summed E-state index contributed by atoms with van der Waals surface area (Å²) in [5, 5.41) is 17.5. The number of pyridine rings is 1. The average Bonchev–Trinajstić information content (AvgIpc) is 3.31. The maximum Gasteiger partial charge on any atom is 0.306 e. The third kappa shape index (κ3) is 4.58. The fraction of sp³-hybridized carbons (Fsp3) is 0.370. The zero-order chi connectivity index (χ0) is 25.2. The van der Waals surface area contributed by atoms with Gasteiger partial charge < -0.3 is 19.6 Å². The molecule has 0 radical (unpaired) electrons. The number of methoxy groups -OCH3 is 1. The smallest absolute Gasteiger partial charge is 0.306 e. The molecular formula is C27H28FN3O5. The lowest BCUT2D eigenvalue weighted by atomic mass is 9.86. The van der Waals surface area contributed by atoms with E-state index in [9.17, 15) is 14.0 Å². The van der Waals surface area contributed by atoms with Crippen LogP contribution in [0.4, 0.5) is 4.39 Å². The molecule has 1 aliphatic heterocycles. The Labute approximate surface area is 206 Å². The number of carboxylic acid groups (broad SMARTS) is 1. The predicted molar refractivity (Wildman–Crippen MR) is 134 cm³/mol. The van der Waals surface area contributed by atoms with Crippen molar-refractivity contribution in [2.24, 2.45) is 5.92 Å². The number of carboxylic acids is 1. The number of H-pyrrole nitrogens is 2. The van der Waals surface area contributed by atoms with E-state index in [1.54, 1.807) is 18.3 Å². The summed E-state index contributed by atoms with van der Waals surface area (Å²) < 4.78 is 24.8. The van der Waals surface area contributed by atoms with Crippen molar-refractivity contribution in [1.29, 1.82) is 0 Å². The molecule has 4 aromatic rings. The van der Waals surface area contributed by atoms with E-state index in [1.807, 2.05) is 12.1 Å². The topological polar surface area (TPSA) is 117 Å². The van der Waals surface area contributed by atoms with Gasteiger partial charge in [0.25, 0.3) is 5.56 Å². The van der Waals surface area contributed by atoms with Crippen molar-refractivity contribution < 1.29 is 23.8 Å². The number of rotatable bonds is 4. The van der Waals surface area contributed by atoms with Gasteiger partial charge in [0.2, 0.25) is 0 Å². The maximum absolute atomic E-state index is 14.1. The fourth-order valence-corrected chi connectivity index (χ4v) is 4.86. The highest BCUT2D eigenvalue weighted by molar-refractivity contribution is 6.04. The number of hydrogen-bond donors (Lipinski definition) is 3. The van der Waals surface area contributed by atoms with Gasteiger partial charge in [0, 0.05) is 41.2 Å². The van der Waals surface area contributed by atoms with Crippen LogP contribution in [0.1, 0.15) is 43.7 Å². The minimum Gasteiger partial charge on any atom is -0.494 e. The van der Waals surface area contributed by atoms with Gasteiger partial charge in [-0.2, -0.15) is 5.10 Å². The third-order valence-corrected chi connectivity index (χ3v) is 7.13. The molecule has 1 aliphatic carbocycles. The zero-order valence-corrected chi connectivity index (χ0v) is 20.0. The molecule has 9 heteroatoms. The van der Waals surface area contributed by atoms with Gasteiger partial charge in [-0.05, 0) is 60.9 Å². The van der Waals surface area contributed by atoms with Gasteiger partial charge in [-0.3, -0.25) is 14.7 Å². The van der Waals surface area contributed by atoms with Gasteiger partial charge in [0.05, 0.1) is 24.7 Å². The lowest BCUT2D eigenvalue weighted by Gasteiger charge is -2.25. The molecule has 2 fully saturated rings. The third-order valence-electron chi connectivity index (χ3n) is 7.13. The highest BCUT2D eigenvalue weighted by atomic mass is 19.1.